The molecule has 8 heteroatoms. The van der Waals surface area contributed by atoms with Crippen molar-refractivity contribution in [3.8, 4) is 5.75 Å². The molecule has 1 aliphatic carbocycles. The molecule has 3 rings (SSSR count). The van der Waals surface area contributed by atoms with Gasteiger partial charge in [-0.2, -0.15) is 0 Å². The standard InChI is InChI=1S/C20H29ClN6O/c1-14-25-26-19(27(14)2)13-23-20(24-16-7-5-4-6-8-16)22-12-15-9-10-18(28-3)17(21)11-15/h9-11,16H,4-8,12-13H2,1-3H3,(H2,22,23,24). The molecule has 1 aliphatic rings. The minimum Gasteiger partial charge on any atom is -0.495 e. The fourth-order valence-electron chi connectivity index (χ4n) is 3.34. The van der Waals surface area contributed by atoms with Crippen LogP contribution in [-0.4, -0.2) is 33.9 Å². The molecule has 0 unspecified atom stereocenters. The maximum atomic E-state index is 6.24. The summed E-state index contributed by atoms with van der Waals surface area (Å²) in [4.78, 5) is 4.77. The van der Waals surface area contributed by atoms with Crippen molar-refractivity contribution in [1.82, 2.24) is 25.4 Å². The van der Waals surface area contributed by atoms with E-state index in [1.54, 1.807) is 7.11 Å². The van der Waals surface area contributed by atoms with Crippen LogP contribution in [0.5, 0.6) is 5.75 Å². The summed E-state index contributed by atoms with van der Waals surface area (Å²) in [7, 11) is 3.58. The van der Waals surface area contributed by atoms with E-state index in [1.807, 2.05) is 36.7 Å². The molecule has 0 atom stereocenters. The number of aryl methyl sites for hydroxylation is 1. The zero-order valence-electron chi connectivity index (χ0n) is 16.8. The van der Waals surface area contributed by atoms with Gasteiger partial charge in [-0.15, -0.1) is 10.2 Å². The van der Waals surface area contributed by atoms with Crippen LogP contribution in [0.4, 0.5) is 0 Å². The van der Waals surface area contributed by atoms with Gasteiger partial charge in [0, 0.05) is 13.1 Å². The van der Waals surface area contributed by atoms with Crippen LogP contribution in [0.15, 0.2) is 23.2 Å². The number of nitrogens with one attached hydrogen (secondary N) is 2. The Hall–Kier alpha value is -2.28. The second-order valence-electron chi connectivity index (χ2n) is 7.19. The first-order chi connectivity index (χ1) is 13.6. The molecule has 0 amide bonds. The quantitative estimate of drug-likeness (QED) is 0.570. The molecule has 1 aromatic carbocycles. The summed E-state index contributed by atoms with van der Waals surface area (Å²) in [5.74, 6) is 3.23. The lowest BCUT2D eigenvalue weighted by Crippen LogP contribution is -2.44. The average Bonchev–Trinajstić information content (AvgIpc) is 3.03. The Balaban J connectivity index is 1.69. The summed E-state index contributed by atoms with van der Waals surface area (Å²) in [5.41, 5.74) is 1.03. The molecular weight excluding hydrogens is 376 g/mol. The van der Waals surface area contributed by atoms with E-state index in [9.17, 15) is 0 Å². The number of benzene rings is 1. The Morgan fingerprint density at radius 3 is 2.71 bits per heavy atom. The predicted molar refractivity (Wildman–Crippen MR) is 112 cm³/mol. The SMILES string of the molecule is COc1ccc(CN=C(NCc2nnc(C)n2C)NC2CCCCC2)cc1Cl. The fourth-order valence-corrected chi connectivity index (χ4v) is 3.62. The van der Waals surface area contributed by atoms with Crippen LogP contribution in [0.25, 0.3) is 0 Å². The molecule has 1 saturated carbocycles. The number of rotatable bonds is 6. The minimum atomic E-state index is 0.459. The highest BCUT2D eigenvalue weighted by Crippen LogP contribution is 2.25. The zero-order valence-corrected chi connectivity index (χ0v) is 17.6. The van der Waals surface area contributed by atoms with Gasteiger partial charge in [0.2, 0.25) is 0 Å². The number of guanidine groups is 1. The van der Waals surface area contributed by atoms with Gasteiger partial charge >= 0.3 is 0 Å². The molecule has 152 valence electrons. The van der Waals surface area contributed by atoms with Gasteiger partial charge in [0.05, 0.1) is 25.2 Å². The van der Waals surface area contributed by atoms with E-state index in [1.165, 1.54) is 32.1 Å². The summed E-state index contributed by atoms with van der Waals surface area (Å²) in [6.45, 7) is 3.04. The molecule has 2 aromatic rings. The van der Waals surface area contributed by atoms with E-state index in [4.69, 9.17) is 21.3 Å². The van der Waals surface area contributed by atoms with Gasteiger partial charge in [-0.3, -0.25) is 0 Å². The average molecular weight is 405 g/mol. The van der Waals surface area contributed by atoms with Gasteiger partial charge in [0.1, 0.15) is 11.6 Å². The van der Waals surface area contributed by atoms with E-state index in [0.717, 1.165) is 23.2 Å². The molecule has 1 fully saturated rings. The fraction of sp³-hybridized carbons (Fsp3) is 0.550. The minimum absolute atomic E-state index is 0.459. The van der Waals surface area contributed by atoms with E-state index in [0.29, 0.717) is 29.9 Å². The van der Waals surface area contributed by atoms with Gasteiger partial charge in [-0.05, 0) is 37.5 Å². The predicted octanol–water partition coefficient (Wildman–Crippen LogP) is 3.35. The maximum absolute atomic E-state index is 6.24. The van der Waals surface area contributed by atoms with E-state index in [-0.39, 0.29) is 0 Å². The van der Waals surface area contributed by atoms with Crippen molar-refractivity contribution in [2.75, 3.05) is 7.11 Å². The van der Waals surface area contributed by atoms with Gasteiger partial charge in [-0.25, -0.2) is 4.99 Å². The van der Waals surface area contributed by atoms with Crippen LogP contribution in [0.2, 0.25) is 5.02 Å². The zero-order chi connectivity index (χ0) is 19.9. The molecule has 0 radical (unpaired) electrons. The number of halogens is 1. The highest BCUT2D eigenvalue weighted by Gasteiger charge is 2.15. The Morgan fingerprint density at radius 2 is 2.07 bits per heavy atom. The smallest absolute Gasteiger partial charge is 0.192 e. The molecule has 0 saturated heterocycles. The van der Waals surface area contributed by atoms with Gasteiger partial charge in [0.25, 0.3) is 0 Å². The lowest BCUT2D eigenvalue weighted by molar-refractivity contribution is 0.409. The van der Waals surface area contributed by atoms with Crippen molar-refractivity contribution in [1.29, 1.82) is 0 Å². The highest BCUT2D eigenvalue weighted by atomic mass is 35.5. The molecule has 1 heterocycles. The van der Waals surface area contributed by atoms with Crippen LogP contribution in [0.1, 0.15) is 49.3 Å². The molecule has 0 aliphatic heterocycles. The number of methoxy groups -OCH3 is 1. The molecular formula is C20H29ClN6O. The summed E-state index contributed by atoms with van der Waals surface area (Å²) in [5, 5.41) is 15.9. The first kappa shape index (κ1) is 20.5. The Bertz CT molecular complexity index is 813. The van der Waals surface area contributed by atoms with E-state index < -0.39 is 0 Å². The van der Waals surface area contributed by atoms with Crippen LogP contribution in [0.3, 0.4) is 0 Å². The maximum Gasteiger partial charge on any atom is 0.192 e. The van der Waals surface area contributed by atoms with Crippen LogP contribution < -0.4 is 15.4 Å². The lowest BCUT2D eigenvalue weighted by Gasteiger charge is -2.25. The Morgan fingerprint density at radius 1 is 1.29 bits per heavy atom. The van der Waals surface area contributed by atoms with E-state index >= 15 is 0 Å². The summed E-state index contributed by atoms with van der Waals surface area (Å²) in [6.07, 6.45) is 6.21. The van der Waals surface area contributed by atoms with Gasteiger partial charge in [0.15, 0.2) is 11.8 Å². The first-order valence-electron chi connectivity index (χ1n) is 9.79. The number of nitrogens with zero attached hydrogens (tertiary/aromatic N) is 4. The van der Waals surface area contributed by atoms with Gasteiger partial charge < -0.3 is 19.9 Å². The lowest BCUT2D eigenvalue weighted by atomic mass is 9.96. The van der Waals surface area contributed by atoms with Crippen molar-refractivity contribution >= 4 is 17.6 Å². The Labute approximate surface area is 171 Å². The van der Waals surface area contributed by atoms with Crippen LogP contribution in [-0.2, 0) is 20.1 Å². The van der Waals surface area contributed by atoms with Crippen molar-refractivity contribution in [2.45, 2.75) is 58.2 Å². The van der Waals surface area contributed by atoms with Crippen LogP contribution >= 0.6 is 11.6 Å². The van der Waals surface area contributed by atoms with E-state index in [2.05, 4.69) is 20.8 Å². The third kappa shape index (κ3) is 5.38. The second kappa shape index (κ2) is 9.78. The molecule has 7 nitrogen and oxygen atoms in total. The van der Waals surface area contributed by atoms with Crippen molar-refractivity contribution in [3.05, 3.63) is 40.4 Å². The molecule has 1 aromatic heterocycles. The van der Waals surface area contributed by atoms with Crippen molar-refractivity contribution < 1.29 is 4.74 Å². The van der Waals surface area contributed by atoms with Crippen molar-refractivity contribution in [2.24, 2.45) is 12.0 Å². The van der Waals surface area contributed by atoms with Gasteiger partial charge in [-0.1, -0.05) is 36.9 Å². The molecule has 0 bridgehead atoms. The number of hydrogen-bond donors (Lipinski definition) is 2. The summed E-state index contributed by atoms with van der Waals surface area (Å²) >= 11 is 6.24. The highest BCUT2D eigenvalue weighted by molar-refractivity contribution is 6.32. The molecule has 0 spiro atoms. The largest absolute Gasteiger partial charge is 0.495 e. The molecule has 28 heavy (non-hydrogen) atoms. The summed E-state index contributed by atoms with van der Waals surface area (Å²) < 4.78 is 7.20. The number of aromatic nitrogens is 3. The monoisotopic (exact) mass is 404 g/mol. The Kier molecular flexibility index (Phi) is 7.14. The normalized spacial score (nSPS) is 15.5. The summed E-state index contributed by atoms with van der Waals surface area (Å²) in [6, 6.07) is 6.21. The number of aliphatic imine (C=N–C) groups is 1. The third-order valence-electron chi connectivity index (χ3n) is 5.18. The van der Waals surface area contributed by atoms with Crippen LogP contribution in [0, 0.1) is 6.92 Å². The number of ether oxygens (including phenoxy) is 1. The third-order valence-corrected chi connectivity index (χ3v) is 5.47. The molecule has 2 N–H and O–H groups in total. The first-order valence-corrected chi connectivity index (χ1v) is 10.2. The topological polar surface area (TPSA) is 76.4 Å². The van der Waals surface area contributed by atoms with Crippen molar-refractivity contribution in [3.63, 3.8) is 0 Å². The second-order valence-corrected chi connectivity index (χ2v) is 7.60. The number of hydrogen-bond acceptors (Lipinski definition) is 4.